The van der Waals surface area contributed by atoms with Gasteiger partial charge in [0.1, 0.15) is 11.5 Å². The summed E-state index contributed by atoms with van der Waals surface area (Å²) in [4.78, 5) is 39.7. The van der Waals surface area contributed by atoms with Gasteiger partial charge in [0.2, 0.25) is 0 Å². The summed E-state index contributed by atoms with van der Waals surface area (Å²) in [5, 5.41) is 34.2. The first-order valence-corrected chi connectivity index (χ1v) is 8.00. The Labute approximate surface area is 166 Å². The molecule has 0 radical (unpaired) electrons. The highest BCUT2D eigenvalue weighted by Gasteiger charge is 2.76. The maximum absolute atomic E-state index is 11.4. The minimum atomic E-state index is -4.09. The van der Waals surface area contributed by atoms with E-state index < -0.39 is 38.4 Å². The highest BCUT2D eigenvalue weighted by atomic mass is 16.7. The SMILES string of the molecule is O=[N+]([O-])C(c1nc(Oc2ccccc2)nc(Oc2ccccc2)n1)([N+](=O)[O-])[N+](=O)[O-]. The average molecular weight is 414 g/mol. The molecule has 0 amide bonds. The van der Waals surface area contributed by atoms with E-state index in [4.69, 9.17) is 9.47 Å². The van der Waals surface area contributed by atoms with Crippen molar-refractivity contribution in [3.63, 3.8) is 0 Å². The Hall–Kier alpha value is -4.75. The molecule has 14 heteroatoms. The summed E-state index contributed by atoms with van der Waals surface area (Å²) >= 11 is 0. The lowest BCUT2D eigenvalue weighted by atomic mass is 10.3. The molecular formula is C16H10N6O8. The van der Waals surface area contributed by atoms with E-state index in [1.165, 1.54) is 24.3 Å². The molecule has 0 bridgehead atoms. The number of nitro groups is 3. The van der Waals surface area contributed by atoms with E-state index in [2.05, 4.69) is 15.0 Å². The molecule has 30 heavy (non-hydrogen) atoms. The molecule has 3 aromatic rings. The fourth-order valence-electron chi connectivity index (χ4n) is 2.21. The zero-order chi connectivity index (χ0) is 21.7. The molecule has 1 aromatic heterocycles. The molecule has 0 saturated carbocycles. The van der Waals surface area contributed by atoms with Crippen molar-refractivity contribution < 1.29 is 24.2 Å². The normalized spacial score (nSPS) is 10.8. The summed E-state index contributed by atoms with van der Waals surface area (Å²) < 4.78 is 10.6. The second kappa shape index (κ2) is 8.09. The van der Waals surface area contributed by atoms with Gasteiger partial charge in [-0.25, -0.2) is 0 Å². The molecule has 0 atom stereocenters. The van der Waals surface area contributed by atoms with Crippen LogP contribution in [0.2, 0.25) is 0 Å². The molecule has 0 spiro atoms. The van der Waals surface area contributed by atoms with E-state index in [1.807, 2.05) is 0 Å². The topological polar surface area (TPSA) is 187 Å². The molecule has 0 fully saturated rings. The minimum absolute atomic E-state index is 0.161. The van der Waals surface area contributed by atoms with Gasteiger partial charge in [-0.1, -0.05) is 36.4 Å². The maximum Gasteiger partial charge on any atom is 0.763 e. The number of para-hydroxylation sites is 2. The van der Waals surface area contributed by atoms with Crippen molar-refractivity contribution in [1.29, 1.82) is 0 Å². The molecule has 0 saturated heterocycles. The van der Waals surface area contributed by atoms with Crippen LogP contribution in [0.4, 0.5) is 0 Å². The van der Waals surface area contributed by atoms with Crippen LogP contribution in [0.15, 0.2) is 60.7 Å². The van der Waals surface area contributed by atoms with Crippen molar-refractivity contribution in [3.05, 3.63) is 96.8 Å². The largest absolute Gasteiger partial charge is 0.763 e. The van der Waals surface area contributed by atoms with Gasteiger partial charge in [0.05, 0.1) is 0 Å². The molecule has 0 aliphatic rings. The highest BCUT2D eigenvalue weighted by Crippen LogP contribution is 2.29. The van der Waals surface area contributed by atoms with Crippen LogP contribution in [0.25, 0.3) is 0 Å². The summed E-state index contributed by atoms with van der Waals surface area (Å²) in [6.07, 6.45) is 0. The smallest absolute Gasteiger partial charge is 0.424 e. The highest BCUT2D eigenvalue weighted by molar-refractivity contribution is 5.27. The van der Waals surface area contributed by atoms with Gasteiger partial charge in [0.15, 0.2) is 14.8 Å². The first-order chi connectivity index (χ1) is 14.3. The van der Waals surface area contributed by atoms with Crippen molar-refractivity contribution in [2.24, 2.45) is 0 Å². The Bertz CT molecular complexity index is 1000. The Morgan fingerprint density at radius 3 is 1.33 bits per heavy atom. The van der Waals surface area contributed by atoms with Gasteiger partial charge in [-0.15, -0.1) is 4.98 Å². The van der Waals surface area contributed by atoms with Crippen molar-refractivity contribution >= 4 is 0 Å². The monoisotopic (exact) mass is 414 g/mol. The number of nitrogens with zero attached hydrogens (tertiary/aromatic N) is 6. The number of hydrogen-bond donors (Lipinski definition) is 0. The third-order valence-corrected chi connectivity index (χ3v) is 3.56. The maximum atomic E-state index is 11.4. The molecule has 14 nitrogen and oxygen atoms in total. The van der Waals surface area contributed by atoms with Crippen LogP contribution in [-0.4, -0.2) is 29.7 Å². The molecule has 152 valence electrons. The molecule has 0 aliphatic carbocycles. The predicted molar refractivity (Wildman–Crippen MR) is 95.5 cm³/mol. The number of aromatic nitrogens is 3. The van der Waals surface area contributed by atoms with Gasteiger partial charge in [-0.3, -0.25) is 30.3 Å². The lowest BCUT2D eigenvalue weighted by Crippen LogP contribution is -2.51. The molecule has 0 N–H and O–H groups in total. The Morgan fingerprint density at radius 2 is 1.00 bits per heavy atom. The second-order valence-electron chi connectivity index (χ2n) is 5.46. The standard InChI is InChI=1S/C16H10N6O8/c23-20(24)16(21(25)26,22(27)28)13-17-14(29-11-7-3-1-4-8-11)19-15(18-13)30-12-9-5-2-6-10-12/h1-10H. The number of rotatable bonds is 8. The Balaban J connectivity index is 2.16. The van der Waals surface area contributed by atoms with Crippen LogP contribution in [0.3, 0.4) is 0 Å². The lowest BCUT2D eigenvalue weighted by Gasteiger charge is -2.10. The van der Waals surface area contributed by atoms with Crippen LogP contribution >= 0.6 is 0 Å². The van der Waals surface area contributed by atoms with Gasteiger partial charge in [-0.05, 0) is 24.3 Å². The first kappa shape index (κ1) is 20.0. The van der Waals surface area contributed by atoms with E-state index in [0.717, 1.165) is 0 Å². The predicted octanol–water partition coefficient (Wildman–Crippen LogP) is 2.40. The van der Waals surface area contributed by atoms with E-state index >= 15 is 0 Å². The third-order valence-electron chi connectivity index (χ3n) is 3.56. The summed E-state index contributed by atoms with van der Waals surface area (Å²) in [7, 11) is 0. The third kappa shape index (κ3) is 3.77. The number of ether oxygens (including phenoxy) is 2. The van der Waals surface area contributed by atoms with Crippen LogP contribution in [0, 0.1) is 30.3 Å². The minimum Gasteiger partial charge on any atom is -0.424 e. The Morgan fingerprint density at radius 1 is 0.633 bits per heavy atom. The quantitative estimate of drug-likeness (QED) is 0.299. The van der Waals surface area contributed by atoms with Gasteiger partial charge in [0.25, 0.3) is 0 Å². The molecule has 0 aliphatic heterocycles. The van der Waals surface area contributed by atoms with E-state index in [-0.39, 0.29) is 11.5 Å². The van der Waals surface area contributed by atoms with Gasteiger partial charge < -0.3 is 9.47 Å². The fourth-order valence-corrected chi connectivity index (χ4v) is 2.21. The van der Waals surface area contributed by atoms with Crippen molar-refractivity contribution in [2.45, 2.75) is 5.79 Å². The van der Waals surface area contributed by atoms with Gasteiger partial charge >= 0.3 is 23.6 Å². The van der Waals surface area contributed by atoms with Crippen LogP contribution in [0.5, 0.6) is 23.5 Å². The molecule has 0 unspecified atom stereocenters. The van der Waals surface area contributed by atoms with Gasteiger partial charge in [0, 0.05) is 0 Å². The Kier molecular flexibility index (Phi) is 5.39. The van der Waals surface area contributed by atoms with Crippen molar-refractivity contribution in [3.8, 4) is 23.5 Å². The average Bonchev–Trinajstić information content (AvgIpc) is 2.69. The van der Waals surface area contributed by atoms with Crippen LogP contribution < -0.4 is 9.47 Å². The molecule has 2 aromatic carbocycles. The molecule has 3 rings (SSSR count). The molecule has 1 heterocycles. The van der Waals surface area contributed by atoms with Crippen LogP contribution in [-0.2, 0) is 5.79 Å². The van der Waals surface area contributed by atoms with Crippen LogP contribution in [0.1, 0.15) is 5.82 Å². The second-order valence-corrected chi connectivity index (χ2v) is 5.46. The summed E-state index contributed by atoms with van der Waals surface area (Å²) in [5.74, 6) is -5.16. The van der Waals surface area contributed by atoms with E-state index in [9.17, 15) is 30.3 Å². The van der Waals surface area contributed by atoms with E-state index in [1.54, 1.807) is 36.4 Å². The first-order valence-electron chi connectivity index (χ1n) is 8.00. The summed E-state index contributed by atoms with van der Waals surface area (Å²) in [5.41, 5.74) is 0. The van der Waals surface area contributed by atoms with E-state index in [0.29, 0.717) is 0 Å². The van der Waals surface area contributed by atoms with Gasteiger partial charge in [-0.2, -0.15) is 9.97 Å². The number of benzene rings is 2. The lowest BCUT2D eigenvalue weighted by molar-refractivity contribution is -0.987. The van der Waals surface area contributed by atoms with Crippen molar-refractivity contribution in [2.75, 3.05) is 0 Å². The summed E-state index contributed by atoms with van der Waals surface area (Å²) in [6, 6.07) is 14.3. The fraction of sp³-hybridized carbons (Fsp3) is 0.0625. The molecular weight excluding hydrogens is 404 g/mol. The number of hydrogen-bond acceptors (Lipinski definition) is 11. The van der Waals surface area contributed by atoms with Crippen molar-refractivity contribution in [1.82, 2.24) is 15.0 Å². The summed E-state index contributed by atoms with van der Waals surface area (Å²) in [6.45, 7) is 0. The zero-order valence-electron chi connectivity index (χ0n) is 14.7. The zero-order valence-corrected chi connectivity index (χ0v) is 14.7.